The Labute approximate surface area is 111 Å². The number of halogens is 3. The summed E-state index contributed by atoms with van der Waals surface area (Å²) in [5.41, 5.74) is -0.602. The van der Waals surface area contributed by atoms with Crippen molar-refractivity contribution in [2.45, 2.75) is 0 Å². The Balaban J connectivity index is 2.48. The maximum atomic E-state index is 13.7. The SMILES string of the molecule is COc1cc(F)c(C(=O)c2ccc(Cl)s2)c(F)c1. The van der Waals surface area contributed by atoms with E-state index in [1.54, 1.807) is 0 Å². The van der Waals surface area contributed by atoms with Gasteiger partial charge < -0.3 is 4.74 Å². The Morgan fingerprint density at radius 3 is 2.33 bits per heavy atom. The van der Waals surface area contributed by atoms with E-state index in [0.717, 1.165) is 23.5 Å². The van der Waals surface area contributed by atoms with Crippen molar-refractivity contribution >= 4 is 28.7 Å². The van der Waals surface area contributed by atoms with Gasteiger partial charge in [0.1, 0.15) is 17.4 Å². The summed E-state index contributed by atoms with van der Waals surface area (Å²) in [5.74, 6) is -2.63. The zero-order valence-electron chi connectivity index (χ0n) is 9.17. The number of methoxy groups -OCH3 is 1. The van der Waals surface area contributed by atoms with Crippen molar-refractivity contribution < 1.29 is 18.3 Å². The molecule has 6 heteroatoms. The van der Waals surface area contributed by atoms with Crippen LogP contribution in [-0.2, 0) is 0 Å². The monoisotopic (exact) mass is 288 g/mol. The van der Waals surface area contributed by atoms with E-state index in [0.29, 0.717) is 4.34 Å². The molecule has 0 aliphatic heterocycles. The van der Waals surface area contributed by atoms with Crippen LogP contribution in [0.4, 0.5) is 8.78 Å². The fourth-order valence-electron chi connectivity index (χ4n) is 1.44. The molecular formula is C12H7ClF2O2S. The Kier molecular flexibility index (Phi) is 3.63. The fraction of sp³-hybridized carbons (Fsp3) is 0.0833. The van der Waals surface area contributed by atoms with E-state index >= 15 is 0 Å². The van der Waals surface area contributed by atoms with Crippen molar-refractivity contribution in [2.75, 3.05) is 7.11 Å². The molecule has 2 rings (SSSR count). The van der Waals surface area contributed by atoms with Gasteiger partial charge in [-0.05, 0) is 12.1 Å². The Bertz CT molecular complexity index is 587. The molecule has 0 aliphatic rings. The average molecular weight is 289 g/mol. The summed E-state index contributed by atoms with van der Waals surface area (Å²) < 4.78 is 32.4. The standard InChI is InChI=1S/C12H7ClF2O2S/c1-17-6-4-7(14)11(8(15)5-6)12(16)9-2-3-10(13)18-9/h2-5H,1H3. The first-order valence-electron chi connectivity index (χ1n) is 4.86. The van der Waals surface area contributed by atoms with E-state index in [9.17, 15) is 13.6 Å². The van der Waals surface area contributed by atoms with Gasteiger partial charge in [0, 0.05) is 12.1 Å². The molecule has 0 amide bonds. The fourth-order valence-corrected chi connectivity index (χ4v) is 2.43. The van der Waals surface area contributed by atoms with Crippen LogP contribution in [0.15, 0.2) is 24.3 Å². The molecular weight excluding hydrogens is 282 g/mol. The number of ketones is 1. The van der Waals surface area contributed by atoms with E-state index in [1.165, 1.54) is 19.2 Å². The smallest absolute Gasteiger partial charge is 0.208 e. The minimum Gasteiger partial charge on any atom is -0.497 e. The molecule has 0 unspecified atom stereocenters. The first kappa shape index (κ1) is 13.0. The van der Waals surface area contributed by atoms with Gasteiger partial charge in [0.05, 0.1) is 21.9 Å². The van der Waals surface area contributed by atoms with Crippen molar-refractivity contribution in [1.82, 2.24) is 0 Å². The summed E-state index contributed by atoms with van der Waals surface area (Å²) in [5, 5.41) is 0. The molecule has 0 bridgehead atoms. The molecule has 1 heterocycles. The Hall–Kier alpha value is -1.46. The van der Waals surface area contributed by atoms with Crippen molar-refractivity contribution in [2.24, 2.45) is 0 Å². The normalized spacial score (nSPS) is 10.4. The highest BCUT2D eigenvalue weighted by Gasteiger charge is 2.21. The number of hydrogen-bond donors (Lipinski definition) is 0. The van der Waals surface area contributed by atoms with E-state index in [4.69, 9.17) is 16.3 Å². The molecule has 0 fully saturated rings. The van der Waals surface area contributed by atoms with Crippen LogP contribution in [0.1, 0.15) is 15.2 Å². The lowest BCUT2D eigenvalue weighted by Crippen LogP contribution is -2.06. The summed E-state index contributed by atoms with van der Waals surface area (Å²) in [6.45, 7) is 0. The predicted molar refractivity (Wildman–Crippen MR) is 65.7 cm³/mol. The number of benzene rings is 1. The summed E-state index contributed by atoms with van der Waals surface area (Å²) in [7, 11) is 1.29. The largest absolute Gasteiger partial charge is 0.497 e. The highest BCUT2D eigenvalue weighted by atomic mass is 35.5. The van der Waals surface area contributed by atoms with Gasteiger partial charge in [0.15, 0.2) is 0 Å². The molecule has 0 spiro atoms. The Morgan fingerprint density at radius 2 is 1.89 bits per heavy atom. The molecule has 1 aromatic carbocycles. The van der Waals surface area contributed by atoms with Crippen LogP contribution in [0.3, 0.4) is 0 Å². The molecule has 2 aromatic rings. The molecule has 2 nitrogen and oxygen atoms in total. The average Bonchev–Trinajstić information content (AvgIpc) is 2.74. The third kappa shape index (κ3) is 2.37. The van der Waals surface area contributed by atoms with Crippen LogP contribution in [0, 0.1) is 11.6 Å². The van der Waals surface area contributed by atoms with Crippen LogP contribution in [-0.4, -0.2) is 12.9 Å². The van der Waals surface area contributed by atoms with Crippen molar-refractivity contribution in [3.63, 3.8) is 0 Å². The predicted octanol–water partition coefficient (Wildman–Crippen LogP) is 3.92. The van der Waals surface area contributed by atoms with Crippen LogP contribution in [0.25, 0.3) is 0 Å². The zero-order valence-corrected chi connectivity index (χ0v) is 10.7. The van der Waals surface area contributed by atoms with Crippen molar-refractivity contribution in [1.29, 1.82) is 0 Å². The molecule has 18 heavy (non-hydrogen) atoms. The van der Waals surface area contributed by atoms with Crippen molar-refractivity contribution in [3.8, 4) is 5.75 Å². The second-order valence-electron chi connectivity index (χ2n) is 3.40. The van der Waals surface area contributed by atoms with Gasteiger partial charge >= 0.3 is 0 Å². The summed E-state index contributed by atoms with van der Waals surface area (Å²) in [4.78, 5) is 12.1. The summed E-state index contributed by atoms with van der Waals surface area (Å²) in [6.07, 6.45) is 0. The Morgan fingerprint density at radius 1 is 1.28 bits per heavy atom. The van der Waals surface area contributed by atoms with Crippen LogP contribution in [0.5, 0.6) is 5.75 Å². The lowest BCUT2D eigenvalue weighted by molar-refractivity contribution is 0.103. The van der Waals surface area contributed by atoms with E-state index in [-0.39, 0.29) is 10.6 Å². The second kappa shape index (κ2) is 5.04. The minimum atomic E-state index is -0.957. The van der Waals surface area contributed by atoms with E-state index in [1.807, 2.05) is 0 Å². The van der Waals surface area contributed by atoms with Crippen LogP contribution < -0.4 is 4.74 Å². The van der Waals surface area contributed by atoms with Gasteiger partial charge in [0.2, 0.25) is 5.78 Å². The highest BCUT2D eigenvalue weighted by Crippen LogP contribution is 2.27. The number of thiophene rings is 1. The third-order valence-electron chi connectivity index (χ3n) is 2.28. The number of carbonyl (C=O) groups is 1. The number of rotatable bonds is 3. The van der Waals surface area contributed by atoms with Crippen LogP contribution in [0.2, 0.25) is 4.34 Å². The van der Waals surface area contributed by atoms with Gasteiger partial charge in [-0.3, -0.25) is 4.79 Å². The maximum Gasteiger partial charge on any atom is 0.208 e. The van der Waals surface area contributed by atoms with E-state index in [2.05, 4.69) is 0 Å². The van der Waals surface area contributed by atoms with Crippen molar-refractivity contribution in [3.05, 3.63) is 50.7 Å². The molecule has 1 aromatic heterocycles. The first-order chi connectivity index (χ1) is 8.52. The number of hydrogen-bond acceptors (Lipinski definition) is 3. The first-order valence-corrected chi connectivity index (χ1v) is 6.05. The molecule has 0 saturated carbocycles. The van der Waals surface area contributed by atoms with Crippen LogP contribution >= 0.6 is 22.9 Å². The van der Waals surface area contributed by atoms with Gasteiger partial charge in [-0.15, -0.1) is 11.3 Å². The molecule has 0 aliphatic carbocycles. The minimum absolute atomic E-state index is 0.0192. The third-order valence-corrected chi connectivity index (χ3v) is 3.51. The second-order valence-corrected chi connectivity index (χ2v) is 5.11. The molecule has 0 radical (unpaired) electrons. The zero-order chi connectivity index (χ0) is 13.3. The van der Waals surface area contributed by atoms with Gasteiger partial charge in [-0.25, -0.2) is 8.78 Å². The quantitative estimate of drug-likeness (QED) is 0.800. The molecule has 0 saturated heterocycles. The van der Waals surface area contributed by atoms with E-state index < -0.39 is 23.0 Å². The molecule has 0 atom stereocenters. The molecule has 0 N–H and O–H groups in total. The number of carbonyl (C=O) groups excluding carboxylic acids is 1. The van der Waals surface area contributed by atoms with Gasteiger partial charge in [0.25, 0.3) is 0 Å². The lowest BCUT2D eigenvalue weighted by Gasteiger charge is -2.05. The highest BCUT2D eigenvalue weighted by molar-refractivity contribution is 7.18. The summed E-state index contributed by atoms with van der Waals surface area (Å²) in [6, 6.07) is 4.86. The van der Waals surface area contributed by atoms with Gasteiger partial charge in [-0.1, -0.05) is 11.6 Å². The maximum absolute atomic E-state index is 13.7. The summed E-state index contributed by atoms with van der Waals surface area (Å²) >= 11 is 6.65. The lowest BCUT2D eigenvalue weighted by atomic mass is 10.1. The van der Waals surface area contributed by atoms with Gasteiger partial charge in [-0.2, -0.15) is 0 Å². The molecule has 94 valence electrons. The topological polar surface area (TPSA) is 26.3 Å². The number of ether oxygens (including phenoxy) is 1.